The number of hydrogen-bond donors (Lipinski definition) is 2. The summed E-state index contributed by atoms with van der Waals surface area (Å²) in [7, 11) is 0. The zero-order valence-electron chi connectivity index (χ0n) is 10.4. The molecule has 0 spiro atoms. The van der Waals surface area contributed by atoms with E-state index in [0.29, 0.717) is 25.2 Å². The van der Waals surface area contributed by atoms with Crippen LogP contribution in [0.15, 0.2) is 18.2 Å². The number of benzene rings is 1. The Morgan fingerprint density at radius 3 is 3.05 bits per heavy atom. The van der Waals surface area contributed by atoms with Gasteiger partial charge in [0.1, 0.15) is 5.82 Å². The monoisotopic (exact) mass is 262 g/mol. The molecule has 0 radical (unpaired) electrons. The van der Waals surface area contributed by atoms with Crippen LogP contribution >= 0.6 is 0 Å². The van der Waals surface area contributed by atoms with Crippen LogP contribution < -0.4 is 11.1 Å². The molecule has 0 bridgehead atoms. The molecule has 100 valence electrons. The predicted molar refractivity (Wildman–Crippen MR) is 69.9 cm³/mol. The number of carbonyl (C=O) groups is 1. The zero-order chi connectivity index (χ0) is 13.7. The Labute approximate surface area is 111 Å². The lowest BCUT2D eigenvalue weighted by atomic mass is 10.1. The summed E-state index contributed by atoms with van der Waals surface area (Å²) in [4.78, 5) is 11.8. The van der Waals surface area contributed by atoms with Crippen LogP contribution in [0.5, 0.6) is 0 Å². The molecule has 0 saturated carbocycles. The molecule has 1 fully saturated rings. The van der Waals surface area contributed by atoms with Crippen LogP contribution in [0.1, 0.15) is 12.0 Å². The molecule has 1 saturated heterocycles. The number of amides is 1. The number of carbonyl (C=O) groups excluding carboxylic acids is 1. The molecule has 1 amide bonds. The van der Waals surface area contributed by atoms with E-state index in [1.54, 1.807) is 6.07 Å². The third-order valence-electron chi connectivity index (χ3n) is 2.86. The molecule has 1 atom stereocenters. The molecular formula is C14H15FN2O2. The van der Waals surface area contributed by atoms with Gasteiger partial charge in [0.2, 0.25) is 5.91 Å². The SMILES string of the molecule is NCC#Cc1ccc(NC(=O)C2CCOC2)c(F)c1. The van der Waals surface area contributed by atoms with E-state index in [1.165, 1.54) is 12.1 Å². The first-order chi connectivity index (χ1) is 9.20. The van der Waals surface area contributed by atoms with Crippen LogP contribution in [0, 0.1) is 23.6 Å². The number of halogens is 1. The Kier molecular flexibility index (Phi) is 4.50. The topological polar surface area (TPSA) is 64.3 Å². The van der Waals surface area contributed by atoms with Crippen molar-refractivity contribution in [3.05, 3.63) is 29.6 Å². The van der Waals surface area contributed by atoms with Gasteiger partial charge in [-0.1, -0.05) is 11.8 Å². The van der Waals surface area contributed by atoms with Gasteiger partial charge in [0.05, 0.1) is 24.8 Å². The van der Waals surface area contributed by atoms with E-state index in [-0.39, 0.29) is 24.1 Å². The largest absolute Gasteiger partial charge is 0.381 e. The number of ether oxygens (including phenoxy) is 1. The Morgan fingerprint density at radius 2 is 2.42 bits per heavy atom. The van der Waals surface area contributed by atoms with Crippen LogP contribution in [0.2, 0.25) is 0 Å². The van der Waals surface area contributed by atoms with Crippen molar-refractivity contribution >= 4 is 11.6 Å². The van der Waals surface area contributed by atoms with Gasteiger partial charge in [-0.05, 0) is 24.6 Å². The van der Waals surface area contributed by atoms with Crippen molar-refractivity contribution in [3.8, 4) is 11.8 Å². The summed E-state index contributed by atoms with van der Waals surface area (Å²) in [5.41, 5.74) is 5.94. The fourth-order valence-electron chi connectivity index (χ4n) is 1.82. The smallest absolute Gasteiger partial charge is 0.229 e. The Balaban J connectivity index is 2.06. The summed E-state index contributed by atoms with van der Waals surface area (Å²) in [5, 5.41) is 2.57. The number of anilines is 1. The average Bonchev–Trinajstić information content (AvgIpc) is 2.93. The first-order valence-electron chi connectivity index (χ1n) is 6.08. The lowest BCUT2D eigenvalue weighted by molar-refractivity contribution is -0.119. The van der Waals surface area contributed by atoms with Gasteiger partial charge in [0, 0.05) is 12.2 Å². The van der Waals surface area contributed by atoms with Crippen molar-refractivity contribution < 1.29 is 13.9 Å². The molecule has 1 heterocycles. The van der Waals surface area contributed by atoms with Crippen LogP contribution in [0.3, 0.4) is 0 Å². The summed E-state index contributed by atoms with van der Waals surface area (Å²) in [6, 6.07) is 4.43. The van der Waals surface area contributed by atoms with Crippen molar-refractivity contribution in [1.82, 2.24) is 0 Å². The van der Waals surface area contributed by atoms with Crippen LogP contribution in [-0.4, -0.2) is 25.7 Å². The van der Waals surface area contributed by atoms with Crippen LogP contribution in [-0.2, 0) is 9.53 Å². The Morgan fingerprint density at radius 1 is 1.58 bits per heavy atom. The van der Waals surface area contributed by atoms with E-state index >= 15 is 0 Å². The van der Waals surface area contributed by atoms with Crippen molar-refractivity contribution in [2.45, 2.75) is 6.42 Å². The third-order valence-corrected chi connectivity index (χ3v) is 2.86. The molecule has 1 aromatic rings. The van der Waals surface area contributed by atoms with Crippen molar-refractivity contribution in [3.63, 3.8) is 0 Å². The highest BCUT2D eigenvalue weighted by Crippen LogP contribution is 2.19. The van der Waals surface area contributed by atoms with Crippen molar-refractivity contribution in [2.24, 2.45) is 11.7 Å². The summed E-state index contributed by atoms with van der Waals surface area (Å²) >= 11 is 0. The molecule has 2 rings (SSSR count). The van der Waals surface area contributed by atoms with E-state index in [4.69, 9.17) is 10.5 Å². The molecule has 0 aliphatic carbocycles. The quantitative estimate of drug-likeness (QED) is 0.785. The second-order valence-corrected chi connectivity index (χ2v) is 4.25. The van der Waals surface area contributed by atoms with Gasteiger partial charge in [-0.2, -0.15) is 0 Å². The summed E-state index contributed by atoms with van der Waals surface area (Å²) in [6.07, 6.45) is 0.674. The molecule has 4 nitrogen and oxygen atoms in total. The van der Waals surface area contributed by atoms with Crippen LogP contribution in [0.25, 0.3) is 0 Å². The second kappa shape index (κ2) is 6.32. The minimum Gasteiger partial charge on any atom is -0.381 e. The van der Waals surface area contributed by atoms with Crippen LogP contribution in [0.4, 0.5) is 10.1 Å². The summed E-state index contributed by atoms with van der Waals surface area (Å²) < 4.78 is 18.9. The van der Waals surface area contributed by atoms with Gasteiger partial charge in [-0.3, -0.25) is 4.79 Å². The maximum absolute atomic E-state index is 13.8. The number of nitrogens with one attached hydrogen (secondary N) is 1. The molecule has 1 unspecified atom stereocenters. The molecular weight excluding hydrogens is 247 g/mol. The van der Waals surface area contributed by atoms with E-state index in [1.807, 2.05) is 0 Å². The maximum Gasteiger partial charge on any atom is 0.229 e. The van der Waals surface area contributed by atoms with E-state index < -0.39 is 5.82 Å². The average molecular weight is 262 g/mol. The summed E-state index contributed by atoms with van der Waals surface area (Å²) in [5.74, 6) is 4.46. The highest BCUT2D eigenvalue weighted by molar-refractivity contribution is 5.92. The lowest BCUT2D eigenvalue weighted by Crippen LogP contribution is -2.23. The first kappa shape index (κ1) is 13.5. The molecule has 1 aliphatic heterocycles. The van der Waals surface area contributed by atoms with E-state index in [2.05, 4.69) is 17.2 Å². The second-order valence-electron chi connectivity index (χ2n) is 4.25. The minimum atomic E-state index is -0.504. The number of nitrogens with two attached hydrogens (primary N) is 1. The highest BCUT2D eigenvalue weighted by Gasteiger charge is 2.24. The lowest BCUT2D eigenvalue weighted by Gasteiger charge is -2.10. The Bertz CT molecular complexity index is 528. The normalized spacial score (nSPS) is 17.7. The fraction of sp³-hybridized carbons (Fsp3) is 0.357. The first-order valence-corrected chi connectivity index (χ1v) is 6.08. The van der Waals surface area contributed by atoms with Gasteiger partial charge in [0.15, 0.2) is 0 Å². The predicted octanol–water partition coefficient (Wildman–Crippen LogP) is 1.11. The highest BCUT2D eigenvalue weighted by atomic mass is 19.1. The molecule has 1 aromatic carbocycles. The molecule has 1 aliphatic rings. The van der Waals surface area contributed by atoms with E-state index in [9.17, 15) is 9.18 Å². The van der Waals surface area contributed by atoms with E-state index in [0.717, 1.165) is 0 Å². The summed E-state index contributed by atoms with van der Waals surface area (Å²) in [6.45, 7) is 1.20. The standard InChI is InChI=1S/C14H15FN2O2/c15-12-8-10(2-1-6-16)3-4-13(12)17-14(18)11-5-7-19-9-11/h3-4,8,11H,5-7,9,16H2,(H,17,18). The van der Waals surface area contributed by atoms with Gasteiger partial charge < -0.3 is 15.8 Å². The fourth-order valence-corrected chi connectivity index (χ4v) is 1.82. The maximum atomic E-state index is 13.8. The Hall–Kier alpha value is -1.90. The molecule has 0 aromatic heterocycles. The molecule has 3 N–H and O–H groups in total. The molecule has 5 heteroatoms. The van der Waals surface area contributed by atoms with Crippen molar-refractivity contribution in [1.29, 1.82) is 0 Å². The third kappa shape index (κ3) is 3.53. The molecule has 19 heavy (non-hydrogen) atoms. The van der Waals surface area contributed by atoms with Gasteiger partial charge in [-0.15, -0.1) is 0 Å². The number of hydrogen-bond acceptors (Lipinski definition) is 3. The van der Waals surface area contributed by atoms with Gasteiger partial charge in [-0.25, -0.2) is 4.39 Å². The van der Waals surface area contributed by atoms with Gasteiger partial charge in [0.25, 0.3) is 0 Å². The number of rotatable bonds is 2. The van der Waals surface area contributed by atoms with Crippen molar-refractivity contribution in [2.75, 3.05) is 25.1 Å². The minimum absolute atomic E-state index is 0.162. The zero-order valence-corrected chi connectivity index (χ0v) is 10.4. The van der Waals surface area contributed by atoms with Gasteiger partial charge >= 0.3 is 0 Å².